The van der Waals surface area contributed by atoms with E-state index < -0.39 is 0 Å². The van der Waals surface area contributed by atoms with E-state index in [9.17, 15) is 0 Å². The molecule has 2 bridgehead atoms. The van der Waals surface area contributed by atoms with Crippen LogP contribution in [0.25, 0.3) is 5.65 Å². The van der Waals surface area contributed by atoms with Gasteiger partial charge in [-0.05, 0) is 38.4 Å². The van der Waals surface area contributed by atoms with Crippen molar-refractivity contribution in [1.29, 1.82) is 0 Å². The van der Waals surface area contributed by atoms with E-state index in [2.05, 4.69) is 33.5 Å². The lowest BCUT2D eigenvalue weighted by molar-refractivity contribution is 0.254. The average molecular weight is 305 g/mol. The number of hydrogen-bond acceptors (Lipinski definition) is 3. The van der Waals surface area contributed by atoms with Gasteiger partial charge in [0.2, 0.25) is 0 Å². The van der Waals surface area contributed by atoms with E-state index in [-0.39, 0.29) is 0 Å². The largest absolute Gasteiger partial charge is 0.353 e. The van der Waals surface area contributed by atoms with Gasteiger partial charge in [0.1, 0.15) is 5.65 Å². The lowest BCUT2D eigenvalue weighted by Crippen LogP contribution is -2.37. The van der Waals surface area contributed by atoms with Crippen LogP contribution in [0.4, 0.5) is 5.82 Å². The summed E-state index contributed by atoms with van der Waals surface area (Å²) >= 11 is 6.22. The molecule has 2 aliphatic heterocycles. The monoisotopic (exact) mass is 304 g/mol. The van der Waals surface area contributed by atoms with Crippen LogP contribution in [0, 0.1) is 0 Å². The maximum Gasteiger partial charge on any atom is 0.152 e. The molecule has 2 aromatic heterocycles. The fraction of sp³-hybridized carbons (Fsp3) is 0.562. The Morgan fingerprint density at radius 2 is 2.10 bits per heavy atom. The van der Waals surface area contributed by atoms with Crippen molar-refractivity contribution in [3.05, 3.63) is 30.1 Å². The summed E-state index contributed by atoms with van der Waals surface area (Å²) in [6.07, 6.45) is 5.94. The summed E-state index contributed by atoms with van der Waals surface area (Å²) in [5.74, 6) is 1.58. The molecule has 0 amide bonds. The predicted octanol–water partition coefficient (Wildman–Crippen LogP) is 2.75. The molecule has 5 heteroatoms. The van der Waals surface area contributed by atoms with Crippen LogP contribution < -0.4 is 4.90 Å². The molecule has 4 heterocycles. The van der Waals surface area contributed by atoms with Crippen LogP contribution in [0.5, 0.6) is 0 Å². The molecule has 2 fully saturated rings. The number of fused-ring (bicyclic) bond motifs is 3. The van der Waals surface area contributed by atoms with Gasteiger partial charge >= 0.3 is 0 Å². The summed E-state index contributed by atoms with van der Waals surface area (Å²) in [7, 11) is 2.28. The van der Waals surface area contributed by atoms with E-state index in [1.165, 1.54) is 19.3 Å². The van der Waals surface area contributed by atoms with Crippen LogP contribution in [0.15, 0.2) is 24.4 Å². The Balaban J connectivity index is 1.73. The Hall–Kier alpha value is -1.26. The summed E-state index contributed by atoms with van der Waals surface area (Å²) < 4.78 is 2.12. The number of imidazole rings is 1. The number of alkyl halides is 1. The third-order valence-corrected chi connectivity index (χ3v) is 5.44. The van der Waals surface area contributed by atoms with Crippen molar-refractivity contribution in [1.82, 2.24) is 14.3 Å². The van der Waals surface area contributed by atoms with Gasteiger partial charge in [-0.2, -0.15) is 0 Å². The van der Waals surface area contributed by atoms with E-state index >= 15 is 0 Å². The Morgan fingerprint density at radius 3 is 2.95 bits per heavy atom. The van der Waals surface area contributed by atoms with Crippen molar-refractivity contribution in [3.63, 3.8) is 0 Å². The minimum Gasteiger partial charge on any atom is -0.353 e. The summed E-state index contributed by atoms with van der Waals surface area (Å²) in [6.45, 7) is 2.15. The van der Waals surface area contributed by atoms with E-state index in [1.54, 1.807) is 0 Å². The molecule has 2 aliphatic rings. The van der Waals surface area contributed by atoms with Gasteiger partial charge in [0.05, 0.1) is 11.6 Å². The van der Waals surface area contributed by atoms with Crippen molar-refractivity contribution in [3.8, 4) is 0 Å². The molecule has 0 N–H and O–H groups in total. The fourth-order valence-electron chi connectivity index (χ4n) is 3.91. The Labute approximate surface area is 130 Å². The first-order valence-corrected chi connectivity index (χ1v) is 8.30. The SMILES string of the molecule is CN1C2CCC1CN(c1nc3ccccn3c1CCl)CC2. The van der Waals surface area contributed by atoms with E-state index in [0.717, 1.165) is 36.3 Å². The summed E-state index contributed by atoms with van der Waals surface area (Å²) in [5, 5.41) is 0. The zero-order chi connectivity index (χ0) is 14.4. The quantitative estimate of drug-likeness (QED) is 0.797. The number of pyridine rings is 1. The molecule has 112 valence electrons. The molecule has 0 aromatic carbocycles. The van der Waals surface area contributed by atoms with Crippen LogP contribution >= 0.6 is 11.6 Å². The molecular weight excluding hydrogens is 284 g/mol. The van der Waals surface area contributed by atoms with Gasteiger partial charge in [-0.1, -0.05) is 6.07 Å². The van der Waals surface area contributed by atoms with E-state index in [0.29, 0.717) is 11.9 Å². The van der Waals surface area contributed by atoms with E-state index in [4.69, 9.17) is 16.6 Å². The second-order valence-electron chi connectivity index (χ2n) is 6.23. The lowest BCUT2D eigenvalue weighted by atomic mass is 10.1. The molecule has 21 heavy (non-hydrogen) atoms. The summed E-state index contributed by atoms with van der Waals surface area (Å²) in [5.41, 5.74) is 2.11. The van der Waals surface area contributed by atoms with Crippen molar-refractivity contribution < 1.29 is 0 Å². The fourth-order valence-corrected chi connectivity index (χ4v) is 4.16. The standard InChI is InChI=1S/C16H21ClN4/c1-19-12-5-6-13(19)11-20(9-7-12)16-14(10-17)21-8-3-2-4-15(21)18-16/h2-4,8,12-13H,5-7,9-11H2,1H3. The van der Waals surface area contributed by atoms with Crippen LogP contribution in [0.2, 0.25) is 0 Å². The Kier molecular flexibility index (Phi) is 3.31. The number of rotatable bonds is 2. The van der Waals surface area contributed by atoms with Gasteiger partial charge < -0.3 is 9.30 Å². The number of halogens is 1. The van der Waals surface area contributed by atoms with Gasteiger partial charge in [-0.3, -0.25) is 4.90 Å². The summed E-state index contributed by atoms with van der Waals surface area (Å²) in [6, 6.07) is 7.52. The number of hydrogen-bond donors (Lipinski definition) is 0. The predicted molar refractivity (Wildman–Crippen MR) is 86.2 cm³/mol. The Morgan fingerprint density at radius 1 is 1.24 bits per heavy atom. The van der Waals surface area contributed by atoms with Gasteiger partial charge in [-0.15, -0.1) is 11.6 Å². The Bertz CT molecular complexity index is 653. The first kappa shape index (κ1) is 13.4. The molecular formula is C16H21ClN4. The van der Waals surface area contributed by atoms with Crippen LogP contribution in [-0.4, -0.2) is 46.5 Å². The van der Waals surface area contributed by atoms with E-state index in [1.807, 2.05) is 12.1 Å². The highest BCUT2D eigenvalue weighted by atomic mass is 35.5. The van der Waals surface area contributed by atoms with Gasteiger partial charge in [0.25, 0.3) is 0 Å². The molecule has 4 rings (SSSR count). The number of likely N-dealkylation sites (N-methyl/N-ethyl adjacent to an activating group) is 1. The smallest absolute Gasteiger partial charge is 0.152 e. The average Bonchev–Trinajstić information content (AvgIpc) is 2.97. The first-order chi connectivity index (χ1) is 10.3. The summed E-state index contributed by atoms with van der Waals surface area (Å²) in [4.78, 5) is 9.86. The van der Waals surface area contributed by atoms with Crippen molar-refractivity contribution in [2.75, 3.05) is 25.0 Å². The molecule has 0 radical (unpaired) electrons. The van der Waals surface area contributed by atoms with Crippen molar-refractivity contribution >= 4 is 23.1 Å². The first-order valence-electron chi connectivity index (χ1n) is 7.76. The molecule has 2 atom stereocenters. The minimum atomic E-state index is 0.501. The third kappa shape index (κ3) is 2.12. The lowest BCUT2D eigenvalue weighted by Gasteiger charge is -2.26. The second-order valence-corrected chi connectivity index (χ2v) is 6.50. The molecule has 0 saturated carbocycles. The molecule has 0 spiro atoms. The molecule has 2 saturated heterocycles. The maximum atomic E-state index is 6.22. The molecule has 2 aromatic rings. The van der Waals surface area contributed by atoms with Crippen LogP contribution in [-0.2, 0) is 5.88 Å². The van der Waals surface area contributed by atoms with Gasteiger partial charge in [0, 0.05) is 31.4 Å². The second kappa shape index (κ2) is 5.18. The number of anilines is 1. The highest BCUT2D eigenvalue weighted by Crippen LogP contribution is 2.32. The molecule has 2 unspecified atom stereocenters. The molecule has 0 aliphatic carbocycles. The van der Waals surface area contributed by atoms with Crippen molar-refractivity contribution in [2.24, 2.45) is 0 Å². The highest BCUT2D eigenvalue weighted by molar-refractivity contribution is 6.17. The topological polar surface area (TPSA) is 23.8 Å². The molecule has 4 nitrogen and oxygen atoms in total. The zero-order valence-corrected chi connectivity index (χ0v) is 13.1. The van der Waals surface area contributed by atoms with Crippen LogP contribution in [0.3, 0.4) is 0 Å². The van der Waals surface area contributed by atoms with Gasteiger partial charge in [-0.25, -0.2) is 4.98 Å². The number of nitrogens with zero attached hydrogens (tertiary/aromatic N) is 4. The maximum absolute atomic E-state index is 6.22. The van der Waals surface area contributed by atoms with Gasteiger partial charge in [0.15, 0.2) is 5.82 Å². The highest BCUT2D eigenvalue weighted by Gasteiger charge is 2.35. The van der Waals surface area contributed by atoms with Crippen molar-refractivity contribution in [2.45, 2.75) is 37.2 Å². The minimum absolute atomic E-state index is 0.501. The zero-order valence-electron chi connectivity index (χ0n) is 12.4. The normalized spacial score (nSPS) is 26.5. The number of aromatic nitrogens is 2. The van der Waals surface area contributed by atoms with Crippen LogP contribution in [0.1, 0.15) is 25.0 Å². The third-order valence-electron chi connectivity index (χ3n) is 5.18.